The van der Waals surface area contributed by atoms with Crippen LogP contribution in [0.25, 0.3) is 0 Å². The van der Waals surface area contributed by atoms with Gasteiger partial charge in [-0.05, 0) is 19.3 Å². The summed E-state index contributed by atoms with van der Waals surface area (Å²) in [7, 11) is 0. The normalized spacial score (nSPS) is 15.7. The maximum absolute atomic E-state index is 10.1. The zero-order valence-corrected chi connectivity index (χ0v) is 6.36. The van der Waals surface area contributed by atoms with Crippen LogP contribution in [-0.4, -0.2) is 29.5 Å². The van der Waals surface area contributed by atoms with Crippen LogP contribution in [-0.2, 0) is 4.79 Å². The molecule has 1 fully saturated rings. The van der Waals surface area contributed by atoms with Crippen LogP contribution in [0.1, 0.15) is 19.3 Å². The van der Waals surface area contributed by atoms with Crippen LogP contribution in [0.15, 0.2) is 0 Å². The molecule has 0 bridgehead atoms. The van der Waals surface area contributed by atoms with E-state index in [2.05, 4.69) is 0 Å². The van der Waals surface area contributed by atoms with E-state index < -0.39 is 0 Å². The number of aliphatic hydroxyl groups is 1. The maximum atomic E-state index is 10.1. The van der Waals surface area contributed by atoms with Gasteiger partial charge in [0.2, 0.25) is 6.41 Å². The number of nitriles is 1. The fraction of sp³-hybridized carbons (Fsp3) is 0.714. The summed E-state index contributed by atoms with van der Waals surface area (Å²) >= 11 is 0. The third-order valence-electron chi connectivity index (χ3n) is 1.54. The number of carbonyl (C=O) groups is 1. The van der Waals surface area contributed by atoms with E-state index in [-0.39, 0.29) is 0 Å². The Bertz CT molecular complexity index is 136. The predicted octanol–water partition coefficient (Wildman–Crippen LogP) is 0.469. The minimum absolute atomic E-state index is 0.750. The lowest BCUT2D eigenvalue weighted by Gasteiger charge is -2.21. The lowest BCUT2D eigenvalue weighted by molar-refractivity contribution is -0.118. The van der Waals surface area contributed by atoms with E-state index in [0.29, 0.717) is 0 Å². The minimum atomic E-state index is 0.750. The second-order valence-electron chi connectivity index (χ2n) is 2.30. The first kappa shape index (κ1) is 9.76. The number of piperidine rings is 1. The van der Waals surface area contributed by atoms with Crippen molar-refractivity contribution in [1.82, 2.24) is 4.90 Å². The van der Waals surface area contributed by atoms with Crippen molar-refractivity contribution >= 4 is 6.41 Å². The summed E-state index contributed by atoms with van der Waals surface area (Å²) in [5.41, 5.74) is 0. The third kappa shape index (κ3) is 5.22. The molecule has 0 atom stereocenters. The molecule has 62 valence electrons. The monoisotopic (exact) mass is 156 g/mol. The van der Waals surface area contributed by atoms with Gasteiger partial charge in [-0.15, -0.1) is 0 Å². The molecule has 0 aromatic rings. The smallest absolute Gasteiger partial charge is 0.283 e. The highest BCUT2D eigenvalue weighted by Gasteiger charge is 2.05. The van der Waals surface area contributed by atoms with Crippen molar-refractivity contribution in [2.75, 3.05) is 13.1 Å². The van der Waals surface area contributed by atoms with Crippen molar-refractivity contribution in [3.05, 3.63) is 0 Å². The first-order valence-corrected chi connectivity index (χ1v) is 3.57. The second-order valence-corrected chi connectivity index (χ2v) is 2.30. The van der Waals surface area contributed by atoms with E-state index in [1.165, 1.54) is 19.3 Å². The highest BCUT2D eigenvalue weighted by Crippen LogP contribution is 2.05. The number of hydrogen-bond acceptors (Lipinski definition) is 3. The van der Waals surface area contributed by atoms with Gasteiger partial charge in [0.05, 0.1) is 0 Å². The SMILES string of the molecule is N#CO.O=CN1CCCCC1. The zero-order valence-electron chi connectivity index (χ0n) is 6.36. The van der Waals surface area contributed by atoms with E-state index in [1.54, 1.807) is 0 Å². The van der Waals surface area contributed by atoms with Crippen LogP contribution in [0, 0.1) is 11.5 Å². The number of aliphatic hydroxyl groups excluding tert-OH is 1. The zero-order chi connectivity index (χ0) is 8.53. The van der Waals surface area contributed by atoms with Gasteiger partial charge in [-0.25, -0.2) is 0 Å². The van der Waals surface area contributed by atoms with Gasteiger partial charge in [-0.2, -0.15) is 5.26 Å². The molecular formula is C7H12N2O2. The standard InChI is InChI=1S/C6H11NO.CHNO/c8-6-7-4-2-1-3-5-7;2-1-3/h6H,1-5H2;3H. The largest absolute Gasteiger partial charge is 0.443 e. The van der Waals surface area contributed by atoms with Crippen molar-refractivity contribution in [3.8, 4) is 6.26 Å². The van der Waals surface area contributed by atoms with Gasteiger partial charge in [0.1, 0.15) is 0 Å². The molecule has 1 aliphatic rings. The van der Waals surface area contributed by atoms with Crippen molar-refractivity contribution in [1.29, 1.82) is 5.26 Å². The lowest BCUT2D eigenvalue weighted by Crippen LogP contribution is -2.27. The molecule has 1 heterocycles. The summed E-state index contributed by atoms with van der Waals surface area (Å²) in [6.07, 6.45) is 5.38. The molecule has 0 unspecified atom stereocenters. The molecule has 4 heteroatoms. The summed E-state index contributed by atoms with van der Waals surface area (Å²) < 4.78 is 0. The summed E-state index contributed by atoms with van der Waals surface area (Å²) in [6.45, 7) is 1.95. The summed E-state index contributed by atoms with van der Waals surface area (Å²) in [5.74, 6) is 0. The molecule has 0 aromatic heterocycles. The number of nitrogens with zero attached hydrogens (tertiary/aromatic N) is 2. The molecule has 0 saturated carbocycles. The molecule has 0 aliphatic carbocycles. The first-order valence-electron chi connectivity index (χ1n) is 3.57. The van der Waals surface area contributed by atoms with Gasteiger partial charge in [0.25, 0.3) is 6.26 Å². The van der Waals surface area contributed by atoms with Gasteiger partial charge in [-0.3, -0.25) is 4.79 Å². The molecule has 1 aliphatic heterocycles. The van der Waals surface area contributed by atoms with Crippen molar-refractivity contribution < 1.29 is 9.90 Å². The summed E-state index contributed by atoms with van der Waals surface area (Å²) in [6, 6.07) is 0. The van der Waals surface area contributed by atoms with Gasteiger partial charge in [0.15, 0.2) is 0 Å². The molecule has 0 spiro atoms. The van der Waals surface area contributed by atoms with Gasteiger partial charge >= 0.3 is 0 Å². The average molecular weight is 156 g/mol. The van der Waals surface area contributed by atoms with Crippen LogP contribution >= 0.6 is 0 Å². The fourth-order valence-electron chi connectivity index (χ4n) is 1.02. The Labute approximate surface area is 66.0 Å². The number of rotatable bonds is 1. The highest BCUT2D eigenvalue weighted by molar-refractivity contribution is 5.46. The Balaban J connectivity index is 0.000000292. The van der Waals surface area contributed by atoms with Gasteiger partial charge in [0, 0.05) is 13.1 Å². The van der Waals surface area contributed by atoms with E-state index in [0.717, 1.165) is 25.8 Å². The average Bonchev–Trinajstić information content (AvgIpc) is 2.08. The van der Waals surface area contributed by atoms with Crippen molar-refractivity contribution in [2.24, 2.45) is 0 Å². The Kier molecular flexibility index (Phi) is 6.10. The predicted molar refractivity (Wildman–Crippen MR) is 39.0 cm³/mol. The third-order valence-corrected chi connectivity index (χ3v) is 1.54. The second kappa shape index (κ2) is 6.87. The van der Waals surface area contributed by atoms with Crippen LogP contribution in [0.3, 0.4) is 0 Å². The van der Waals surface area contributed by atoms with Crippen molar-refractivity contribution in [3.63, 3.8) is 0 Å². The molecule has 1 N–H and O–H groups in total. The van der Waals surface area contributed by atoms with Crippen LogP contribution in [0.4, 0.5) is 0 Å². The molecule has 11 heavy (non-hydrogen) atoms. The number of carbonyl (C=O) groups excluding carboxylic acids is 1. The van der Waals surface area contributed by atoms with Gasteiger partial charge in [-0.1, -0.05) is 0 Å². The van der Waals surface area contributed by atoms with E-state index in [1.807, 2.05) is 4.90 Å². The molecule has 1 rings (SSSR count). The van der Waals surface area contributed by atoms with Crippen LogP contribution in [0.2, 0.25) is 0 Å². The van der Waals surface area contributed by atoms with E-state index >= 15 is 0 Å². The number of hydrogen-bond donors (Lipinski definition) is 1. The molecule has 0 aromatic carbocycles. The quantitative estimate of drug-likeness (QED) is 0.443. The highest BCUT2D eigenvalue weighted by atomic mass is 16.2. The number of amides is 1. The van der Waals surface area contributed by atoms with Gasteiger partial charge < -0.3 is 10.0 Å². The molecule has 0 radical (unpaired) electrons. The molecular weight excluding hydrogens is 144 g/mol. The van der Waals surface area contributed by atoms with E-state index in [4.69, 9.17) is 10.4 Å². The molecule has 1 saturated heterocycles. The Morgan fingerprint density at radius 3 is 2.09 bits per heavy atom. The Hall–Kier alpha value is -1.24. The van der Waals surface area contributed by atoms with Crippen LogP contribution in [0.5, 0.6) is 0 Å². The number of likely N-dealkylation sites (tertiary alicyclic amines) is 1. The molecule has 1 amide bonds. The molecule has 4 nitrogen and oxygen atoms in total. The first-order chi connectivity index (χ1) is 5.35. The lowest BCUT2D eigenvalue weighted by atomic mass is 10.1. The summed E-state index contributed by atoms with van der Waals surface area (Å²) in [5, 5.41) is 13.8. The fourth-order valence-corrected chi connectivity index (χ4v) is 1.02. The minimum Gasteiger partial charge on any atom is -0.443 e. The van der Waals surface area contributed by atoms with Crippen molar-refractivity contribution in [2.45, 2.75) is 19.3 Å². The van der Waals surface area contributed by atoms with Crippen LogP contribution < -0.4 is 0 Å². The summed E-state index contributed by atoms with van der Waals surface area (Å²) in [4.78, 5) is 11.9. The Morgan fingerprint density at radius 1 is 1.36 bits per heavy atom. The van der Waals surface area contributed by atoms with E-state index in [9.17, 15) is 4.79 Å². The topological polar surface area (TPSA) is 64.3 Å². The maximum Gasteiger partial charge on any atom is 0.283 e. The Morgan fingerprint density at radius 2 is 1.82 bits per heavy atom.